The largest absolute Gasteiger partial charge is 0.354 e. The molecule has 1 aliphatic carbocycles. The first-order valence-electron chi connectivity index (χ1n) is 8.77. The molecule has 130 valence electrons. The standard InChI is InChI=1S/C17H26N6S/c1-3-14(15-6-5-11-24-15)21-17(20-13-7-8-13)18-9-10-23-12-19-22-16(23)4-2/h5-6,11-14H,3-4,7-10H2,1-2H3,(H2,18,20,21). The molecule has 24 heavy (non-hydrogen) atoms. The third-order valence-corrected chi connectivity index (χ3v) is 5.13. The fourth-order valence-electron chi connectivity index (χ4n) is 2.59. The van der Waals surface area contributed by atoms with Gasteiger partial charge in [-0.2, -0.15) is 0 Å². The lowest BCUT2D eigenvalue weighted by molar-refractivity contribution is 0.609. The van der Waals surface area contributed by atoms with Crippen LogP contribution in [0.2, 0.25) is 0 Å². The summed E-state index contributed by atoms with van der Waals surface area (Å²) in [7, 11) is 0. The van der Waals surface area contributed by atoms with Crippen LogP contribution < -0.4 is 10.6 Å². The van der Waals surface area contributed by atoms with E-state index in [1.165, 1.54) is 17.7 Å². The molecule has 0 aromatic carbocycles. The molecule has 6 nitrogen and oxygen atoms in total. The second kappa shape index (κ2) is 8.28. The van der Waals surface area contributed by atoms with E-state index >= 15 is 0 Å². The van der Waals surface area contributed by atoms with E-state index in [9.17, 15) is 0 Å². The number of rotatable bonds is 8. The van der Waals surface area contributed by atoms with Crippen LogP contribution in [0.25, 0.3) is 0 Å². The summed E-state index contributed by atoms with van der Waals surface area (Å²) in [6, 6.07) is 5.19. The topological polar surface area (TPSA) is 67.1 Å². The molecule has 0 spiro atoms. The number of aliphatic imine (C=N–C) groups is 1. The van der Waals surface area contributed by atoms with Crippen LogP contribution >= 0.6 is 11.3 Å². The number of aryl methyl sites for hydroxylation is 1. The fraction of sp³-hybridized carbons (Fsp3) is 0.588. The zero-order valence-electron chi connectivity index (χ0n) is 14.4. The van der Waals surface area contributed by atoms with E-state index in [1.54, 1.807) is 17.7 Å². The smallest absolute Gasteiger partial charge is 0.192 e. The Morgan fingerprint density at radius 1 is 1.46 bits per heavy atom. The van der Waals surface area contributed by atoms with Crippen LogP contribution in [-0.4, -0.2) is 33.3 Å². The lowest BCUT2D eigenvalue weighted by atomic mass is 10.2. The number of nitrogens with zero attached hydrogens (tertiary/aromatic N) is 4. The predicted octanol–water partition coefficient (Wildman–Crippen LogP) is 2.75. The number of thiophene rings is 1. The van der Waals surface area contributed by atoms with Gasteiger partial charge in [0.15, 0.2) is 5.96 Å². The average molecular weight is 347 g/mol. The Bertz CT molecular complexity index is 644. The van der Waals surface area contributed by atoms with Crippen LogP contribution in [0.1, 0.15) is 49.9 Å². The fourth-order valence-corrected chi connectivity index (χ4v) is 3.45. The maximum Gasteiger partial charge on any atom is 0.192 e. The normalized spacial score (nSPS) is 16.2. The summed E-state index contributed by atoms with van der Waals surface area (Å²) in [4.78, 5) is 6.13. The Kier molecular flexibility index (Phi) is 5.85. The van der Waals surface area contributed by atoms with Crippen molar-refractivity contribution in [2.75, 3.05) is 6.54 Å². The van der Waals surface area contributed by atoms with Crippen molar-refractivity contribution >= 4 is 17.3 Å². The molecule has 0 saturated heterocycles. The highest BCUT2D eigenvalue weighted by molar-refractivity contribution is 7.10. The second-order valence-corrected chi connectivity index (χ2v) is 7.04. The predicted molar refractivity (Wildman–Crippen MR) is 98.3 cm³/mol. The van der Waals surface area contributed by atoms with Crippen molar-refractivity contribution in [2.45, 2.75) is 58.2 Å². The molecule has 2 N–H and O–H groups in total. The van der Waals surface area contributed by atoms with Gasteiger partial charge in [-0.1, -0.05) is 19.9 Å². The van der Waals surface area contributed by atoms with Crippen molar-refractivity contribution in [3.05, 3.63) is 34.5 Å². The summed E-state index contributed by atoms with van der Waals surface area (Å²) < 4.78 is 2.08. The Morgan fingerprint density at radius 2 is 2.33 bits per heavy atom. The summed E-state index contributed by atoms with van der Waals surface area (Å²) in [5.74, 6) is 1.93. The van der Waals surface area contributed by atoms with E-state index in [-0.39, 0.29) is 0 Å². The van der Waals surface area contributed by atoms with Gasteiger partial charge in [-0.25, -0.2) is 0 Å². The van der Waals surface area contributed by atoms with Crippen LogP contribution in [0.3, 0.4) is 0 Å². The van der Waals surface area contributed by atoms with Crippen molar-refractivity contribution in [3.63, 3.8) is 0 Å². The van der Waals surface area contributed by atoms with E-state index in [2.05, 4.69) is 56.8 Å². The van der Waals surface area contributed by atoms with Crippen molar-refractivity contribution < 1.29 is 0 Å². The Hall–Kier alpha value is -1.89. The zero-order valence-corrected chi connectivity index (χ0v) is 15.2. The highest BCUT2D eigenvalue weighted by Gasteiger charge is 2.23. The molecule has 2 heterocycles. The minimum atomic E-state index is 0.316. The molecular weight excluding hydrogens is 320 g/mol. The number of hydrogen-bond acceptors (Lipinski definition) is 4. The molecule has 0 amide bonds. The summed E-state index contributed by atoms with van der Waals surface area (Å²) >= 11 is 1.79. The second-order valence-electron chi connectivity index (χ2n) is 6.06. The molecule has 0 aliphatic heterocycles. The van der Waals surface area contributed by atoms with Gasteiger partial charge in [-0.15, -0.1) is 21.5 Å². The molecule has 2 aromatic rings. The molecule has 1 unspecified atom stereocenters. The first-order valence-corrected chi connectivity index (χ1v) is 9.65. The molecule has 0 bridgehead atoms. The third kappa shape index (κ3) is 4.56. The first kappa shape index (κ1) is 17.0. The molecule has 3 rings (SSSR count). The van der Waals surface area contributed by atoms with Gasteiger partial charge in [0.2, 0.25) is 0 Å². The zero-order chi connectivity index (χ0) is 16.8. The molecule has 1 saturated carbocycles. The minimum Gasteiger partial charge on any atom is -0.354 e. The van der Waals surface area contributed by atoms with Gasteiger partial charge in [0, 0.05) is 23.9 Å². The van der Waals surface area contributed by atoms with Crippen LogP contribution in [0, 0.1) is 0 Å². The molecule has 7 heteroatoms. The van der Waals surface area contributed by atoms with Gasteiger partial charge >= 0.3 is 0 Å². The van der Waals surface area contributed by atoms with Crippen molar-refractivity contribution in [3.8, 4) is 0 Å². The van der Waals surface area contributed by atoms with Gasteiger partial charge in [0.1, 0.15) is 12.2 Å². The van der Waals surface area contributed by atoms with Gasteiger partial charge in [-0.3, -0.25) is 4.99 Å². The molecule has 2 aromatic heterocycles. The van der Waals surface area contributed by atoms with E-state index in [0.717, 1.165) is 31.2 Å². The summed E-state index contributed by atoms with van der Waals surface area (Å²) in [6.45, 7) is 5.83. The molecule has 0 radical (unpaired) electrons. The van der Waals surface area contributed by atoms with Gasteiger partial charge < -0.3 is 15.2 Å². The number of nitrogens with one attached hydrogen (secondary N) is 2. The molecule has 1 aliphatic rings. The Balaban J connectivity index is 1.62. The minimum absolute atomic E-state index is 0.316. The maximum absolute atomic E-state index is 4.77. The first-order chi connectivity index (χ1) is 11.8. The Labute approximate surface area is 147 Å². The van der Waals surface area contributed by atoms with E-state index in [4.69, 9.17) is 4.99 Å². The Morgan fingerprint density at radius 3 is 3.00 bits per heavy atom. The highest BCUT2D eigenvalue weighted by Crippen LogP contribution is 2.22. The molecular formula is C17H26N6S. The van der Waals surface area contributed by atoms with E-state index in [1.807, 2.05) is 0 Å². The summed E-state index contributed by atoms with van der Waals surface area (Å²) in [5, 5.41) is 17.4. The van der Waals surface area contributed by atoms with Gasteiger partial charge in [-0.05, 0) is 30.7 Å². The van der Waals surface area contributed by atoms with E-state index in [0.29, 0.717) is 18.6 Å². The van der Waals surface area contributed by atoms with Crippen molar-refractivity contribution in [2.24, 2.45) is 4.99 Å². The monoisotopic (exact) mass is 346 g/mol. The quantitative estimate of drug-likeness (QED) is 0.570. The summed E-state index contributed by atoms with van der Waals surface area (Å²) in [6.07, 6.45) is 6.20. The highest BCUT2D eigenvalue weighted by atomic mass is 32.1. The number of guanidine groups is 1. The lowest BCUT2D eigenvalue weighted by Gasteiger charge is -2.19. The van der Waals surface area contributed by atoms with Gasteiger partial charge in [0.25, 0.3) is 0 Å². The SMILES string of the molecule is CCc1nncn1CCN=C(NC1CC1)NC(CC)c1cccs1. The van der Waals surface area contributed by atoms with Crippen LogP contribution in [0.4, 0.5) is 0 Å². The maximum atomic E-state index is 4.77. The molecule has 1 fully saturated rings. The van der Waals surface area contributed by atoms with Crippen LogP contribution in [0.5, 0.6) is 0 Å². The third-order valence-electron chi connectivity index (χ3n) is 4.15. The molecule has 1 atom stereocenters. The summed E-state index contributed by atoms with van der Waals surface area (Å²) in [5.41, 5.74) is 0. The van der Waals surface area contributed by atoms with Crippen LogP contribution in [-0.2, 0) is 13.0 Å². The van der Waals surface area contributed by atoms with Crippen molar-refractivity contribution in [1.82, 2.24) is 25.4 Å². The van der Waals surface area contributed by atoms with Crippen LogP contribution in [0.15, 0.2) is 28.8 Å². The van der Waals surface area contributed by atoms with E-state index < -0.39 is 0 Å². The average Bonchev–Trinajstić information content (AvgIpc) is 3.07. The number of hydrogen-bond donors (Lipinski definition) is 2. The lowest BCUT2D eigenvalue weighted by Crippen LogP contribution is -2.40. The number of aromatic nitrogens is 3. The van der Waals surface area contributed by atoms with Gasteiger partial charge in [0.05, 0.1) is 12.6 Å². The van der Waals surface area contributed by atoms with Crippen molar-refractivity contribution in [1.29, 1.82) is 0 Å².